The third-order valence-electron chi connectivity index (χ3n) is 2.15. The Balaban J connectivity index is 2.60. The molecule has 1 N–H and O–H groups in total. The molecule has 1 rings (SSSR count). The molecule has 0 atom stereocenters. The average Bonchev–Trinajstić information content (AvgIpc) is 2.29. The molecule has 0 saturated heterocycles. The van der Waals surface area contributed by atoms with E-state index in [0.717, 1.165) is 6.54 Å². The van der Waals surface area contributed by atoms with Crippen LogP contribution in [0.4, 0.5) is 0 Å². The summed E-state index contributed by atoms with van der Waals surface area (Å²) in [6.45, 7) is 9.48. The quantitative estimate of drug-likeness (QED) is 0.751. The first-order valence-corrected chi connectivity index (χ1v) is 4.62. The lowest BCUT2D eigenvalue weighted by atomic mass is 10.1. The van der Waals surface area contributed by atoms with E-state index in [1.807, 2.05) is 17.9 Å². The lowest BCUT2D eigenvalue weighted by Gasteiger charge is -2.20. The van der Waals surface area contributed by atoms with Gasteiger partial charge in [0, 0.05) is 30.4 Å². The van der Waals surface area contributed by atoms with Gasteiger partial charge in [0.25, 0.3) is 0 Å². The summed E-state index contributed by atoms with van der Waals surface area (Å²) in [6.07, 6.45) is 1.92. The highest BCUT2D eigenvalue weighted by Crippen LogP contribution is 2.07. The van der Waals surface area contributed by atoms with Crippen molar-refractivity contribution >= 4 is 0 Å². The molecular formula is C10H19N3. The van der Waals surface area contributed by atoms with E-state index < -0.39 is 0 Å². The molecule has 0 fully saturated rings. The van der Waals surface area contributed by atoms with Gasteiger partial charge in [0.05, 0.1) is 6.20 Å². The largest absolute Gasteiger partial charge is 0.308 e. The lowest BCUT2D eigenvalue weighted by molar-refractivity contribution is 0.423. The summed E-state index contributed by atoms with van der Waals surface area (Å²) in [5.41, 5.74) is 2.68. The molecule has 1 aromatic rings. The first kappa shape index (κ1) is 10.3. The molecule has 74 valence electrons. The molecule has 3 heteroatoms. The van der Waals surface area contributed by atoms with Gasteiger partial charge in [-0.2, -0.15) is 5.10 Å². The summed E-state index contributed by atoms with van der Waals surface area (Å²) in [5, 5.41) is 7.63. The molecule has 13 heavy (non-hydrogen) atoms. The Morgan fingerprint density at radius 3 is 2.46 bits per heavy atom. The Hall–Kier alpha value is -0.830. The Bertz CT molecular complexity index is 281. The van der Waals surface area contributed by atoms with Crippen molar-refractivity contribution in [3.63, 3.8) is 0 Å². The molecule has 1 heterocycles. The molecule has 0 amide bonds. The summed E-state index contributed by atoms with van der Waals surface area (Å²) in [5.74, 6) is 0. The molecule has 0 aliphatic rings. The van der Waals surface area contributed by atoms with Crippen molar-refractivity contribution in [3.8, 4) is 0 Å². The standard InChI is InChI=1S/C10H19N3/c1-8-9(7-12-13(8)5)6-11-10(2,3)4/h7,11H,6H2,1-5H3. The zero-order valence-electron chi connectivity index (χ0n) is 9.18. The smallest absolute Gasteiger partial charge is 0.0537 e. The van der Waals surface area contributed by atoms with Gasteiger partial charge in [0.1, 0.15) is 0 Å². The second-order valence-corrected chi connectivity index (χ2v) is 4.48. The van der Waals surface area contributed by atoms with E-state index in [-0.39, 0.29) is 5.54 Å². The van der Waals surface area contributed by atoms with Crippen molar-refractivity contribution in [2.45, 2.75) is 39.8 Å². The van der Waals surface area contributed by atoms with Crippen molar-refractivity contribution in [1.29, 1.82) is 0 Å². The summed E-state index contributed by atoms with van der Waals surface area (Å²) >= 11 is 0. The maximum atomic E-state index is 4.19. The van der Waals surface area contributed by atoms with E-state index in [4.69, 9.17) is 0 Å². The van der Waals surface area contributed by atoms with Crippen LogP contribution in [0.15, 0.2) is 6.20 Å². The highest BCUT2D eigenvalue weighted by atomic mass is 15.3. The molecule has 0 aliphatic heterocycles. The van der Waals surface area contributed by atoms with Crippen LogP contribution >= 0.6 is 0 Å². The number of aromatic nitrogens is 2. The van der Waals surface area contributed by atoms with Gasteiger partial charge in [-0.05, 0) is 27.7 Å². The number of hydrogen-bond acceptors (Lipinski definition) is 2. The average molecular weight is 181 g/mol. The third kappa shape index (κ3) is 2.84. The summed E-state index contributed by atoms with van der Waals surface area (Å²) in [7, 11) is 1.97. The number of hydrogen-bond donors (Lipinski definition) is 1. The van der Waals surface area contributed by atoms with E-state index in [1.54, 1.807) is 0 Å². The predicted octanol–water partition coefficient (Wildman–Crippen LogP) is 1.62. The van der Waals surface area contributed by atoms with E-state index in [2.05, 4.69) is 38.1 Å². The molecule has 0 aromatic carbocycles. The second-order valence-electron chi connectivity index (χ2n) is 4.48. The first-order valence-electron chi connectivity index (χ1n) is 4.62. The molecule has 0 bridgehead atoms. The van der Waals surface area contributed by atoms with Gasteiger partial charge in [-0.1, -0.05) is 0 Å². The second kappa shape index (κ2) is 3.50. The maximum Gasteiger partial charge on any atom is 0.0537 e. The SMILES string of the molecule is Cc1c(CNC(C)(C)C)cnn1C. The number of nitrogens with zero attached hydrogens (tertiary/aromatic N) is 2. The van der Waals surface area contributed by atoms with Crippen molar-refractivity contribution in [1.82, 2.24) is 15.1 Å². The topological polar surface area (TPSA) is 29.9 Å². The number of rotatable bonds is 2. The van der Waals surface area contributed by atoms with Crippen LogP contribution in [-0.4, -0.2) is 15.3 Å². The molecular weight excluding hydrogens is 162 g/mol. The zero-order valence-corrected chi connectivity index (χ0v) is 9.18. The highest BCUT2D eigenvalue weighted by Gasteiger charge is 2.10. The molecule has 0 spiro atoms. The zero-order chi connectivity index (χ0) is 10.1. The first-order chi connectivity index (χ1) is 5.90. The summed E-state index contributed by atoms with van der Waals surface area (Å²) in [4.78, 5) is 0. The van der Waals surface area contributed by atoms with Crippen LogP contribution in [0.25, 0.3) is 0 Å². The Morgan fingerprint density at radius 2 is 2.08 bits per heavy atom. The van der Waals surface area contributed by atoms with E-state index in [0.29, 0.717) is 0 Å². The van der Waals surface area contributed by atoms with Crippen LogP contribution in [0.2, 0.25) is 0 Å². The maximum absolute atomic E-state index is 4.19. The minimum Gasteiger partial charge on any atom is -0.308 e. The van der Waals surface area contributed by atoms with Gasteiger partial charge in [-0.3, -0.25) is 4.68 Å². The minimum atomic E-state index is 0.169. The monoisotopic (exact) mass is 181 g/mol. The van der Waals surface area contributed by atoms with Gasteiger partial charge >= 0.3 is 0 Å². The highest BCUT2D eigenvalue weighted by molar-refractivity contribution is 5.15. The fourth-order valence-electron chi connectivity index (χ4n) is 1.08. The summed E-state index contributed by atoms with van der Waals surface area (Å²) in [6, 6.07) is 0. The van der Waals surface area contributed by atoms with Crippen molar-refractivity contribution in [2.24, 2.45) is 7.05 Å². The molecule has 0 unspecified atom stereocenters. The molecule has 0 radical (unpaired) electrons. The molecule has 3 nitrogen and oxygen atoms in total. The van der Waals surface area contributed by atoms with Gasteiger partial charge in [0.15, 0.2) is 0 Å². The lowest BCUT2D eigenvalue weighted by Crippen LogP contribution is -2.35. The Kier molecular flexibility index (Phi) is 2.76. The Labute approximate surface area is 80.1 Å². The van der Waals surface area contributed by atoms with Crippen LogP contribution in [-0.2, 0) is 13.6 Å². The summed E-state index contributed by atoms with van der Waals surface area (Å²) < 4.78 is 1.90. The van der Waals surface area contributed by atoms with E-state index in [1.165, 1.54) is 11.3 Å². The van der Waals surface area contributed by atoms with Crippen molar-refractivity contribution in [3.05, 3.63) is 17.5 Å². The van der Waals surface area contributed by atoms with E-state index >= 15 is 0 Å². The van der Waals surface area contributed by atoms with Crippen LogP contribution < -0.4 is 5.32 Å². The predicted molar refractivity (Wildman–Crippen MR) is 54.5 cm³/mol. The number of nitrogens with one attached hydrogen (secondary N) is 1. The van der Waals surface area contributed by atoms with Crippen LogP contribution in [0.1, 0.15) is 32.0 Å². The van der Waals surface area contributed by atoms with Crippen LogP contribution in [0.3, 0.4) is 0 Å². The normalized spacial score (nSPS) is 12.1. The molecule has 0 aliphatic carbocycles. The van der Waals surface area contributed by atoms with Crippen molar-refractivity contribution < 1.29 is 0 Å². The van der Waals surface area contributed by atoms with Crippen molar-refractivity contribution in [2.75, 3.05) is 0 Å². The number of aryl methyl sites for hydroxylation is 1. The van der Waals surface area contributed by atoms with Gasteiger partial charge in [-0.15, -0.1) is 0 Å². The van der Waals surface area contributed by atoms with Crippen LogP contribution in [0, 0.1) is 6.92 Å². The van der Waals surface area contributed by atoms with E-state index in [9.17, 15) is 0 Å². The van der Waals surface area contributed by atoms with Crippen LogP contribution in [0.5, 0.6) is 0 Å². The molecule has 0 saturated carbocycles. The fourth-order valence-corrected chi connectivity index (χ4v) is 1.08. The van der Waals surface area contributed by atoms with Gasteiger partial charge in [-0.25, -0.2) is 0 Å². The minimum absolute atomic E-state index is 0.169. The Morgan fingerprint density at radius 1 is 1.46 bits per heavy atom. The van der Waals surface area contributed by atoms with Gasteiger partial charge in [0.2, 0.25) is 0 Å². The molecule has 1 aromatic heterocycles. The third-order valence-corrected chi connectivity index (χ3v) is 2.15. The van der Waals surface area contributed by atoms with Gasteiger partial charge < -0.3 is 5.32 Å². The fraction of sp³-hybridized carbons (Fsp3) is 0.700.